The van der Waals surface area contributed by atoms with Crippen molar-refractivity contribution in [3.8, 4) is 0 Å². The number of rotatable bonds is 7. The molecule has 1 aromatic rings. The first kappa shape index (κ1) is 17.0. The number of ether oxygens (including phenoxy) is 1. The molecule has 0 aliphatic heterocycles. The van der Waals surface area contributed by atoms with Crippen LogP contribution in [0.1, 0.15) is 12.0 Å². The van der Waals surface area contributed by atoms with E-state index in [1.165, 1.54) is 6.26 Å². The van der Waals surface area contributed by atoms with Crippen LogP contribution in [0.15, 0.2) is 30.3 Å². The van der Waals surface area contributed by atoms with Crippen LogP contribution in [0.5, 0.6) is 0 Å². The quantitative estimate of drug-likeness (QED) is 0.704. The number of carbonyl (C=O) groups is 2. The van der Waals surface area contributed by atoms with Gasteiger partial charge in [0.1, 0.15) is 12.6 Å². The second-order valence-electron chi connectivity index (χ2n) is 4.59. The summed E-state index contributed by atoms with van der Waals surface area (Å²) in [6, 6.07) is 7.74. The predicted molar refractivity (Wildman–Crippen MR) is 77.5 cm³/mol. The summed E-state index contributed by atoms with van der Waals surface area (Å²) in [6.45, 7) is 0.0297. The molecule has 0 saturated carbocycles. The largest absolute Gasteiger partial charge is 0.480 e. The van der Waals surface area contributed by atoms with Crippen LogP contribution < -0.4 is 5.32 Å². The molecule has 0 bridgehead atoms. The molecule has 0 aliphatic rings. The van der Waals surface area contributed by atoms with Crippen LogP contribution in [0, 0.1) is 4.78 Å². The molecule has 3 N–H and O–H groups in total. The van der Waals surface area contributed by atoms with E-state index < -0.39 is 27.8 Å². The monoisotopic (exact) mass is 314 g/mol. The van der Waals surface area contributed by atoms with E-state index in [4.69, 9.17) is 14.6 Å². The van der Waals surface area contributed by atoms with Gasteiger partial charge in [-0.3, -0.25) is 8.99 Å². The molecule has 0 radical (unpaired) electrons. The summed E-state index contributed by atoms with van der Waals surface area (Å²) in [5, 5.41) is 11.2. The molecular weight excluding hydrogens is 296 g/mol. The first-order valence-corrected chi connectivity index (χ1v) is 8.33. The number of alkyl carbamates (subject to hydrolysis) is 1. The summed E-state index contributed by atoms with van der Waals surface area (Å²) in [5.74, 6) is -1.36. The zero-order valence-electron chi connectivity index (χ0n) is 11.6. The topological polar surface area (TPSA) is 117 Å². The van der Waals surface area contributed by atoms with Crippen molar-refractivity contribution in [3.63, 3.8) is 0 Å². The van der Waals surface area contributed by atoms with Crippen molar-refractivity contribution in [1.29, 1.82) is 4.78 Å². The highest BCUT2D eigenvalue weighted by Gasteiger charge is 2.21. The summed E-state index contributed by atoms with van der Waals surface area (Å²) in [7, 11) is -2.80. The molecule has 0 spiro atoms. The number of amides is 1. The number of aliphatic carboxylic acids is 1. The summed E-state index contributed by atoms with van der Waals surface area (Å²) >= 11 is 0. The van der Waals surface area contributed by atoms with Gasteiger partial charge in [0, 0.05) is 21.7 Å². The molecule has 2 atom stereocenters. The van der Waals surface area contributed by atoms with Crippen molar-refractivity contribution < 1.29 is 23.6 Å². The molecule has 0 aromatic heterocycles. The van der Waals surface area contributed by atoms with Gasteiger partial charge >= 0.3 is 12.1 Å². The van der Waals surface area contributed by atoms with Crippen molar-refractivity contribution in [2.75, 3.05) is 12.0 Å². The van der Waals surface area contributed by atoms with Crippen LogP contribution >= 0.6 is 0 Å². The molecule has 8 heteroatoms. The summed E-state index contributed by atoms with van der Waals surface area (Å²) in [6.07, 6.45) is 0.271. The predicted octanol–water partition coefficient (Wildman–Crippen LogP) is 1.43. The van der Waals surface area contributed by atoms with E-state index in [0.29, 0.717) is 0 Å². The highest BCUT2D eigenvalue weighted by atomic mass is 32.2. The average molecular weight is 314 g/mol. The maximum atomic E-state index is 11.5. The number of hydrogen-bond donors (Lipinski definition) is 3. The lowest BCUT2D eigenvalue weighted by atomic mass is 10.2. The molecule has 0 aliphatic carbocycles. The van der Waals surface area contributed by atoms with Crippen LogP contribution in [0.3, 0.4) is 0 Å². The normalized spacial score (nSPS) is 14.7. The Hall–Kier alpha value is -2.09. The molecule has 1 rings (SSSR count). The van der Waals surface area contributed by atoms with E-state index in [0.717, 1.165) is 5.56 Å². The Morgan fingerprint density at radius 3 is 2.52 bits per heavy atom. The first-order valence-electron chi connectivity index (χ1n) is 6.19. The van der Waals surface area contributed by atoms with Gasteiger partial charge in [0.25, 0.3) is 0 Å². The maximum Gasteiger partial charge on any atom is 0.408 e. The third-order valence-electron chi connectivity index (χ3n) is 2.60. The molecular formula is C13H18N2O5S. The third kappa shape index (κ3) is 7.31. The van der Waals surface area contributed by atoms with Crippen molar-refractivity contribution in [2.45, 2.75) is 19.1 Å². The Bertz CT molecular complexity index is 586. The molecule has 1 amide bonds. The van der Waals surface area contributed by atoms with Crippen LogP contribution in [0.25, 0.3) is 0 Å². The van der Waals surface area contributed by atoms with Crippen molar-refractivity contribution in [3.05, 3.63) is 35.9 Å². The minimum Gasteiger partial charge on any atom is -0.480 e. The Labute approximate surface area is 123 Å². The van der Waals surface area contributed by atoms with Gasteiger partial charge in [-0.15, -0.1) is 0 Å². The SMILES string of the molecule is CS(=N)(=O)CCC(NC(=O)OCc1ccccc1)C(=O)O. The van der Waals surface area contributed by atoms with Crippen molar-refractivity contribution >= 4 is 21.8 Å². The Balaban J connectivity index is 2.47. The van der Waals surface area contributed by atoms with Crippen molar-refractivity contribution in [1.82, 2.24) is 5.32 Å². The van der Waals surface area contributed by atoms with Gasteiger partial charge < -0.3 is 15.2 Å². The summed E-state index contributed by atoms with van der Waals surface area (Å²) in [4.78, 5) is 22.5. The lowest BCUT2D eigenvalue weighted by molar-refractivity contribution is -0.139. The Morgan fingerprint density at radius 2 is 2.00 bits per heavy atom. The number of nitrogens with one attached hydrogen (secondary N) is 2. The Morgan fingerprint density at radius 1 is 1.38 bits per heavy atom. The average Bonchev–Trinajstić information content (AvgIpc) is 2.41. The number of hydrogen-bond acceptors (Lipinski definition) is 5. The molecule has 116 valence electrons. The summed E-state index contributed by atoms with van der Waals surface area (Å²) < 4.78 is 23.4. The minimum atomic E-state index is -2.80. The molecule has 0 heterocycles. The second kappa shape index (κ2) is 7.63. The molecule has 21 heavy (non-hydrogen) atoms. The van der Waals surface area contributed by atoms with Gasteiger partial charge in [-0.2, -0.15) is 0 Å². The number of carboxylic acid groups (broad SMARTS) is 1. The Kier molecular flexibility index (Phi) is 6.16. The van der Waals surface area contributed by atoms with Crippen LogP contribution in [-0.4, -0.2) is 39.4 Å². The van der Waals surface area contributed by atoms with Gasteiger partial charge in [0.05, 0.1) is 0 Å². The minimum absolute atomic E-state index is 0.0297. The van der Waals surface area contributed by atoms with Gasteiger partial charge in [-0.05, 0) is 12.0 Å². The molecule has 0 fully saturated rings. The number of carboxylic acids is 1. The highest BCUT2D eigenvalue weighted by molar-refractivity contribution is 7.91. The van der Waals surface area contributed by atoms with Crippen LogP contribution in [0.2, 0.25) is 0 Å². The van der Waals surface area contributed by atoms with E-state index >= 15 is 0 Å². The second-order valence-corrected chi connectivity index (χ2v) is 7.01. The molecule has 0 saturated heterocycles. The molecule has 1 aromatic carbocycles. The van der Waals surface area contributed by atoms with E-state index in [-0.39, 0.29) is 18.8 Å². The van der Waals surface area contributed by atoms with Crippen molar-refractivity contribution in [2.24, 2.45) is 0 Å². The zero-order valence-corrected chi connectivity index (χ0v) is 12.4. The summed E-state index contributed by atoms with van der Waals surface area (Å²) in [5.41, 5.74) is 0.780. The standard InChI is InChI=1S/C13H18N2O5S/c1-21(14,19)8-7-11(12(16)17)15-13(18)20-9-10-5-3-2-4-6-10/h2-6,11,14H,7-9H2,1H3,(H,15,18)(H,16,17). The lowest BCUT2D eigenvalue weighted by Crippen LogP contribution is -2.42. The fraction of sp³-hybridized carbons (Fsp3) is 0.385. The molecule has 2 unspecified atom stereocenters. The van der Waals surface area contributed by atoms with Gasteiger partial charge in [0.15, 0.2) is 0 Å². The highest BCUT2D eigenvalue weighted by Crippen LogP contribution is 2.02. The molecule has 7 nitrogen and oxygen atoms in total. The third-order valence-corrected chi connectivity index (χ3v) is 3.61. The van der Waals surface area contributed by atoms with E-state index in [2.05, 4.69) is 5.32 Å². The zero-order chi connectivity index (χ0) is 15.9. The van der Waals surface area contributed by atoms with Crippen LogP contribution in [0.4, 0.5) is 4.79 Å². The fourth-order valence-electron chi connectivity index (χ4n) is 1.51. The van der Waals surface area contributed by atoms with Crippen LogP contribution in [-0.2, 0) is 25.9 Å². The van der Waals surface area contributed by atoms with E-state index in [1.807, 2.05) is 6.07 Å². The van der Waals surface area contributed by atoms with E-state index in [1.54, 1.807) is 24.3 Å². The maximum absolute atomic E-state index is 11.5. The van der Waals surface area contributed by atoms with E-state index in [9.17, 15) is 13.8 Å². The fourth-order valence-corrected chi connectivity index (χ4v) is 2.19. The van der Waals surface area contributed by atoms with Gasteiger partial charge in [-0.25, -0.2) is 9.59 Å². The lowest BCUT2D eigenvalue weighted by Gasteiger charge is -2.14. The van der Waals surface area contributed by atoms with Gasteiger partial charge in [0.2, 0.25) is 0 Å². The first-order chi connectivity index (χ1) is 9.78. The number of carbonyl (C=O) groups excluding carboxylic acids is 1. The van der Waals surface area contributed by atoms with Gasteiger partial charge in [-0.1, -0.05) is 30.3 Å². The smallest absolute Gasteiger partial charge is 0.408 e. The number of benzene rings is 1.